The number of piperidine rings is 1. The van der Waals surface area contributed by atoms with Gasteiger partial charge >= 0.3 is 6.09 Å². The highest BCUT2D eigenvalue weighted by Crippen LogP contribution is 2.29. The van der Waals surface area contributed by atoms with Gasteiger partial charge in [0.15, 0.2) is 0 Å². The number of amides is 2. The van der Waals surface area contributed by atoms with Crippen LogP contribution < -0.4 is 10.9 Å². The van der Waals surface area contributed by atoms with Crippen molar-refractivity contribution in [1.82, 2.24) is 24.8 Å². The third kappa shape index (κ3) is 4.44. The van der Waals surface area contributed by atoms with Gasteiger partial charge in [-0.1, -0.05) is 0 Å². The molecule has 0 atom stereocenters. The first-order valence-electron chi connectivity index (χ1n) is 9.99. The molecule has 9 nitrogen and oxygen atoms in total. The van der Waals surface area contributed by atoms with Crippen molar-refractivity contribution >= 4 is 17.6 Å². The maximum Gasteiger partial charge on any atom is 0.410 e. The van der Waals surface area contributed by atoms with Crippen molar-refractivity contribution in [3.63, 3.8) is 0 Å². The van der Waals surface area contributed by atoms with Crippen LogP contribution in [0.3, 0.4) is 0 Å². The van der Waals surface area contributed by atoms with E-state index in [0.29, 0.717) is 49.4 Å². The molecule has 29 heavy (non-hydrogen) atoms. The molecule has 2 N–H and O–H groups in total. The molecule has 1 aliphatic rings. The Labute approximate surface area is 169 Å². The van der Waals surface area contributed by atoms with Gasteiger partial charge in [-0.2, -0.15) is 5.10 Å². The molecule has 0 aromatic carbocycles. The van der Waals surface area contributed by atoms with Crippen LogP contribution in [-0.2, 0) is 4.74 Å². The topological polar surface area (TPSA) is 109 Å². The Morgan fingerprint density at radius 3 is 2.55 bits per heavy atom. The Morgan fingerprint density at radius 1 is 1.31 bits per heavy atom. The van der Waals surface area contributed by atoms with E-state index < -0.39 is 5.60 Å². The van der Waals surface area contributed by atoms with Crippen molar-refractivity contribution in [2.24, 2.45) is 0 Å². The summed E-state index contributed by atoms with van der Waals surface area (Å²) < 4.78 is 7.11. The lowest BCUT2D eigenvalue weighted by molar-refractivity contribution is 0.0203. The summed E-state index contributed by atoms with van der Waals surface area (Å²) in [5, 5.41) is 7.28. The van der Waals surface area contributed by atoms with Gasteiger partial charge in [-0.05, 0) is 47.5 Å². The lowest BCUT2D eigenvalue weighted by Crippen LogP contribution is -2.41. The van der Waals surface area contributed by atoms with E-state index in [9.17, 15) is 14.4 Å². The van der Waals surface area contributed by atoms with Gasteiger partial charge in [0.05, 0.1) is 11.4 Å². The number of rotatable bonds is 3. The van der Waals surface area contributed by atoms with E-state index >= 15 is 0 Å². The van der Waals surface area contributed by atoms with Crippen LogP contribution in [0.25, 0.3) is 5.65 Å². The molecule has 1 fully saturated rings. The number of H-pyrrole nitrogens is 1. The molecule has 1 saturated heterocycles. The minimum absolute atomic E-state index is 0.0554. The highest BCUT2D eigenvalue weighted by Gasteiger charge is 2.30. The average molecular weight is 403 g/mol. The van der Waals surface area contributed by atoms with Crippen LogP contribution >= 0.6 is 0 Å². The molecule has 1 aliphatic heterocycles. The quantitative estimate of drug-likeness (QED) is 0.817. The molecule has 0 unspecified atom stereocenters. The summed E-state index contributed by atoms with van der Waals surface area (Å²) in [5.41, 5.74) is 1.31. The predicted octanol–water partition coefficient (Wildman–Crippen LogP) is 2.20. The highest BCUT2D eigenvalue weighted by atomic mass is 16.6. The van der Waals surface area contributed by atoms with E-state index in [1.165, 1.54) is 6.07 Å². The molecular formula is C20H29N5O4. The number of aryl methyl sites for hydroxylation is 1. The summed E-state index contributed by atoms with van der Waals surface area (Å²) in [6, 6.07) is 1.54. The number of likely N-dealkylation sites (tertiary alicyclic amines) is 1. The van der Waals surface area contributed by atoms with Crippen LogP contribution in [0.5, 0.6) is 0 Å². The van der Waals surface area contributed by atoms with Crippen molar-refractivity contribution in [3.05, 3.63) is 33.4 Å². The van der Waals surface area contributed by atoms with Crippen LogP contribution in [0.2, 0.25) is 0 Å². The van der Waals surface area contributed by atoms with Crippen LogP contribution in [0, 0.1) is 6.92 Å². The summed E-state index contributed by atoms with van der Waals surface area (Å²) in [5.74, 6) is -0.201. The van der Waals surface area contributed by atoms with Gasteiger partial charge in [-0.3, -0.25) is 9.59 Å². The maximum atomic E-state index is 12.4. The number of aromatic nitrogens is 3. The lowest BCUT2D eigenvalue weighted by Gasteiger charge is -2.33. The van der Waals surface area contributed by atoms with Crippen molar-refractivity contribution in [3.8, 4) is 0 Å². The highest BCUT2D eigenvalue weighted by molar-refractivity contribution is 6.01. The summed E-state index contributed by atoms with van der Waals surface area (Å²) in [7, 11) is 0. The number of carbonyl (C=O) groups is 2. The average Bonchev–Trinajstić information content (AvgIpc) is 2.95. The fraction of sp³-hybridized carbons (Fsp3) is 0.600. The SMILES string of the molecule is CCNC(=O)c1c(C)nn2c(C3CCN(C(=O)OC(C)(C)C)CC3)cc(=O)[nH]c12. The predicted molar refractivity (Wildman–Crippen MR) is 108 cm³/mol. The minimum atomic E-state index is -0.533. The van der Waals surface area contributed by atoms with Crippen LogP contribution in [0.1, 0.15) is 68.2 Å². The van der Waals surface area contributed by atoms with Gasteiger partial charge < -0.3 is 19.9 Å². The molecule has 158 valence electrons. The molecule has 2 aromatic heterocycles. The number of fused-ring (bicyclic) bond motifs is 1. The zero-order valence-electron chi connectivity index (χ0n) is 17.7. The number of ether oxygens (including phenoxy) is 1. The summed E-state index contributed by atoms with van der Waals surface area (Å²) in [6.07, 6.45) is 1.06. The normalized spacial score (nSPS) is 15.6. The minimum Gasteiger partial charge on any atom is -0.444 e. The molecule has 2 amide bonds. The smallest absolute Gasteiger partial charge is 0.410 e. The standard InChI is InChI=1S/C20H29N5O4/c1-6-21-18(27)16-12(2)23-25-14(11-15(26)22-17(16)25)13-7-9-24(10-8-13)19(28)29-20(3,4)5/h11,13H,6-10H2,1-5H3,(H,21,27)(H,22,26). The first-order chi connectivity index (χ1) is 13.6. The van der Waals surface area contributed by atoms with Crippen LogP contribution in [0.4, 0.5) is 4.79 Å². The second-order valence-electron chi connectivity index (χ2n) is 8.38. The molecule has 3 heterocycles. The number of hydrogen-bond donors (Lipinski definition) is 2. The van der Waals surface area contributed by atoms with Crippen molar-refractivity contribution in [2.45, 2.75) is 59.0 Å². The zero-order valence-corrected chi connectivity index (χ0v) is 17.7. The van der Waals surface area contributed by atoms with E-state index in [0.717, 1.165) is 5.69 Å². The third-order valence-corrected chi connectivity index (χ3v) is 4.95. The van der Waals surface area contributed by atoms with E-state index in [1.807, 2.05) is 27.7 Å². The van der Waals surface area contributed by atoms with E-state index in [2.05, 4.69) is 15.4 Å². The van der Waals surface area contributed by atoms with E-state index in [1.54, 1.807) is 16.3 Å². The summed E-state index contributed by atoms with van der Waals surface area (Å²) in [4.78, 5) is 41.5. The number of nitrogens with one attached hydrogen (secondary N) is 2. The van der Waals surface area contributed by atoms with Gasteiger partial charge in [-0.15, -0.1) is 0 Å². The van der Waals surface area contributed by atoms with Crippen molar-refractivity contribution < 1.29 is 14.3 Å². The second-order valence-corrected chi connectivity index (χ2v) is 8.38. The Hall–Kier alpha value is -2.84. The van der Waals surface area contributed by atoms with Gasteiger partial charge in [0.25, 0.3) is 11.5 Å². The number of aromatic amines is 1. The van der Waals surface area contributed by atoms with Crippen LogP contribution in [0.15, 0.2) is 10.9 Å². The molecule has 0 spiro atoms. The van der Waals surface area contributed by atoms with Crippen molar-refractivity contribution in [1.29, 1.82) is 0 Å². The van der Waals surface area contributed by atoms with Crippen molar-refractivity contribution in [2.75, 3.05) is 19.6 Å². The third-order valence-electron chi connectivity index (χ3n) is 4.95. The zero-order chi connectivity index (χ0) is 21.3. The van der Waals surface area contributed by atoms with Gasteiger partial charge in [0.2, 0.25) is 0 Å². The van der Waals surface area contributed by atoms with Gasteiger partial charge in [0.1, 0.15) is 16.8 Å². The Morgan fingerprint density at radius 2 is 1.97 bits per heavy atom. The molecule has 0 radical (unpaired) electrons. The lowest BCUT2D eigenvalue weighted by atomic mass is 9.93. The Balaban J connectivity index is 1.86. The maximum absolute atomic E-state index is 12.4. The molecule has 3 rings (SSSR count). The molecule has 0 aliphatic carbocycles. The summed E-state index contributed by atoms with van der Waals surface area (Å²) >= 11 is 0. The van der Waals surface area contributed by atoms with E-state index in [-0.39, 0.29) is 23.5 Å². The summed E-state index contributed by atoms with van der Waals surface area (Å²) in [6.45, 7) is 10.7. The molecule has 0 saturated carbocycles. The Bertz CT molecular complexity index is 977. The molecule has 2 aromatic rings. The number of carbonyl (C=O) groups excluding carboxylic acids is 2. The first-order valence-corrected chi connectivity index (χ1v) is 9.99. The second kappa shape index (κ2) is 7.88. The Kier molecular flexibility index (Phi) is 5.68. The monoisotopic (exact) mass is 403 g/mol. The fourth-order valence-electron chi connectivity index (χ4n) is 3.67. The fourth-order valence-corrected chi connectivity index (χ4v) is 3.67. The van der Waals surface area contributed by atoms with Gasteiger partial charge in [0, 0.05) is 31.6 Å². The van der Waals surface area contributed by atoms with Crippen LogP contribution in [-0.4, -0.2) is 56.7 Å². The number of nitrogens with zero attached hydrogens (tertiary/aromatic N) is 3. The van der Waals surface area contributed by atoms with Gasteiger partial charge in [-0.25, -0.2) is 9.31 Å². The largest absolute Gasteiger partial charge is 0.444 e. The molecule has 9 heteroatoms. The van der Waals surface area contributed by atoms with E-state index in [4.69, 9.17) is 4.74 Å². The molecule has 0 bridgehead atoms. The number of hydrogen-bond acceptors (Lipinski definition) is 5. The first kappa shape index (κ1) is 20.9. The molecular weight excluding hydrogens is 374 g/mol.